The van der Waals surface area contributed by atoms with Gasteiger partial charge in [0.25, 0.3) is 0 Å². The summed E-state index contributed by atoms with van der Waals surface area (Å²) in [7, 11) is 0. The minimum Gasteiger partial charge on any atom is -0.331 e. The number of para-hydroxylation sites is 1. The molecule has 2 N–H and O–H groups in total. The number of nitrogens with zero attached hydrogens (tertiary/aromatic N) is 1. The van der Waals surface area contributed by atoms with Gasteiger partial charge in [0, 0.05) is 5.69 Å². The highest BCUT2D eigenvalue weighted by Gasteiger charge is 1.97. The molecule has 0 aliphatic heterocycles. The van der Waals surface area contributed by atoms with Crippen molar-refractivity contribution in [1.29, 1.82) is 0 Å². The zero-order valence-corrected chi connectivity index (χ0v) is 12.6. The van der Waals surface area contributed by atoms with Crippen molar-refractivity contribution in [3.63, 3.8) is 0 Å². The predicted octanol–water partition coefficient (Wildman–Crippen LogP) is 4.31. The van der Waals surface area contributed by atoms with E-state index in [4.69, 9.17) is 35.4 Å². The smallest absolute Gasteiger partial charge is 0.191 e. The number of hydrogen-bond donors (Lipinski definition) is 2. The number of rotatable bonds is 3. The van der Waals surface area contributed by atoms with E-state index in [1.807, 2.05) is 36.4 Å². The highest BCUT2D eigenvalue weighted by atomic mass is 35.5. The van der Waals surface area contributed by atoms with Crippen LogP contribution in [0, 0.1) is 0 Å². The van der Waals surface area contributed by atoms with Crippen LogP contribution >= 0.6 is 35.4 Å². The van der Waals surface area contributed by atoms with Crippen molar-refractivity contribution >= 4 is 52.4 Å². The van der Waals surface area contributed by atoms with Crippen LogP contribution in [0.1, 0.15) is 5.56 Å². The first-order valence-corrected chi connectivity index (χ1v) is 6.92. The second-order valence-corrected chi connectivity index (χ2v) is 5.09. The molecule has 20 heavy (non-hydrogen) atoms. The molecule has 0 atom stereocenters. The lowest BCUT2D eigenvalue weighted by Gasteiger charge is -2.06. The van der Waals surface area contributed by atoms with Crippen LogP contribution in [0.5, 0.6) is 0 Å². The third kappa shape index (κ3) is 4.49. The molecule has 3 nitrogen and oxygen atoms in total. The van der Waals surface area contributed by atoms with Gasteiger partial charge in [-0.1, -0.05) is 47.5 Å². The monoisotopic (exact) mass is 323 g/mol. The third-order valence-electron chi connectivity index (χ3n) is 2.36. The van der Waals surface area contributed by atoms with Crippen LogP contribution < -0.4 is 10.7 Å². The van der Waals surface area contributed by atoms with Crippen LogP contribution in [0.15, 0.2) is 53.6 Å². The molecule has 0 fully saturated rings. The van der Waals surface area contributed by atoms with Gasteiger partial charge in [-0.15, -0.1) is 0 Å². The lowest BCUT2D eigenvalue weighted by molar-refractivity contribution is 1.05. The topological polar surface area (TPSA) is 36.4 Å². The minimum atomic E-state index is 0.410. The number of anilines is 1. The molecule has 0 aliphatic carbocycles. The number of hydrogen-bond acceptors (Lipinski definition) is 2. The molecule has 0 unspecified atom stereocenters. The summed E-state index contributed by atoms with van der Waals surface area (Å²) in [6.07, 6.45) is 1.61. The Hall–Kier alpha value is -1.62. The maximum Gasteiger partial charge on any atom is 0.191 e. The SMILES string of the molecule is S=C(N/N=C/c1ccc(Cl)c(Cl)c1)Nc1ccccc1. The molecule has 0 aliphatic rings. The lowest BCUT2D eigenvalue weighted by Crippen LogP contribution is -2.23. The predicted molar refractivity (Wildman–Crippen MR) is 89.9 cm³/mol. The molecule has 0 aromatic heterocycles. The number of thiocarbonyl (C=S) groups is 1. The molecule has 0 heterocycles. The fraction of sp³-hybridized carbons (Fsp3) is 0. The first-order valence-electron chi connectivity index (χ1n) is 5.75. The normalized spacial score (nSPS) is 10.5. The van der Waals surface area contributed by atoms with Crippen LogP contribution in [0.2, 0.25) is 10.0 Å². The average molecular weight is 324 g/mol. The van der Waals surface area contributed by atoms with Gasteiger partial charge in [0.2, 0.25) is 0 Å². The molecule has 0 bridgehead atoms. The number of halogens is 2. The minimum absolute atomic E-state index is 0.410. The van der Waals surface area contributed by atoms with Gasteiger partial charge < -0.3 is 5.32 Å². The quantitative estimate of drug-likeness (QED) is 0.502. The molecule has 0 saturated heterocycles. The molecule has 0 saturated carbocycles. The van der Waals surface area contributed by atoms with E-state index >= 15 is 0 Å². The van der Waals surface area contributed by atoms with Crippen LogP contribution in [0.3, 0.4) is 0 Å². The van der Waals surface area contributed by atoms with Gasteiger partial charge in [-0.05, 0) is 42.0 Å². The summed E-state index contributed by atoms with van der Waals surface area (Å²) in [5.41, 5.74) is 4.45. The molecule has 0 radical (unpaired) electrons. The summed E-state index contributed by atoms with van der Waals surface area (Å²) in [5, 5.41) is 8.44. The van der Waals surface area contributed by atoms with Gasteiger partial charge in [0.15, 0.2) is 5.11 Å². The average Bonchev–Trinajstić information content (AvgIpc) is 2.44. The van der Waals surface area contributed by atoms with Crippen molar-refractivity contribution in [3.05, 3.63) is 64.1 Å². The second-order valence-electron chi connectivity index (χ2n) is 3.86. The van der Waals surface area contributed by atoms with Gasteiger partial charge in [0.1, 0.15) is 0 Å². The molecule has 0 spiro atoms. The van der Waals surface area contributed by atoms with Crippen molar-refractivity contribution in [2.75, 3.05) is 5.32 Å². The first-order chi connectivity index (χ1) is 9.65. The molecule has 2 aromatic carbocycles. The Morgan fingerprint density at radius 1 is 1.05 bits per heavy atom. The fourth-order valence-corrected chi connectivity index (χ4v) is 1.92. The van der Waals surface area contributed by atoms with E-state index in [2.05, 4.69) is 15.8 Å². The van der Waals surface area contributed by atoms with E-state index in [-0.39, 0.29) is 0 Å². The molecule has 102 valence electrons. The van der Waals surface area contributed by atoms with Gasteiger partial charge in [-0.25, -0.2) is 0 Å². The lowest BCUT2D eigenvalue weighted by atomic mass is 10.2. The molecular weight excluding hydrogens is 313 g/mol. The summed E-state index contributed by atoms with van der Waals surface area (Å²) in [6.45, 7) is 0. The summed E-state index contributed by atoms with van der Waals surface area (Å²) in [5.74, 6) is 0. The van der Waals surface area contributed by atoms with E-state index in [9.17, 15) is 0 Å². The standard InChI is InChI=1S/C14H11Cl2N3S/c15-12-7-6-10(8-13(12)16)9-17-19-14(20)18-11-4-2-1-3-5-11/h1-9H,(H2,18,19,20)/b17-9+. The van der Waals surface area contributed by atoms with Crippen molar-refractivity contribution in [2.45, 2.75) is 0 Å². The summed E-state index contributed by atoms with van der Waals surface area (Å²) in [4.78, 5) is 0. The van der Waals surface area contributed by atoms with E-state index in [1.165, 1.54) is 0 Å². The zero-order valence-electron chi connectivity index (χ0n) is 10.3. The summed E-state index contributed by atoms with van der Waals surface area (Å²) >= 11 is 16.9. The van der Waals surface area contributed by atoms with Gasteiger partial charge >= 0.3 is 0 Å². The van der Waals surface area contributed by atoms with E-state index in [0.717, 1.165) is 11.3 Å². The van der Waals surface area contributed by atoms with Gasteiger partial charge in [0.05, 0.1) is 16.3 Å². The fourth-order valence-electron chi connectivity index (χ4n) is 1.44. The molecule has 6 heteroatoms. The van der Waals surface area contributed by atoms with Crippen LogP contribution in [0.4, 0.5) is 5.69 Å². The summed E-state index contributed by atoms with van der Waals surface area (Å²) in [6, 6.07) is 14.9. The number of benzene rings is 2. The number of hydrazone groups is 1. The van der Waals surface area contributed by atoms with E-state index in [1.54, 1.807) is 18.3 Å². The van der Waals surface area contributed by atoms with Crippen LogP contribution in [-0.4, -0.2) is 11.3 Å². The van der Waals surface area contributed by atoms with Crippen molar-refractivity contribution in [2.24, 2.45) is 5.10 Å². The van der Waals surface area contributed by atoms with E-state index in [0.29, 0.717) is 15.2 Å². The second kappa shape index (κ2) is 7.24. The maximum absolute atomic E-state index is 5.91. The largest absolute Gasteiger partial charge is 0.331 e. The van der Waals surface area contributed by atoms with Crippen molar-refractivity contribution in [3.8, 4) is 0 Å². The van der Waals surface area contributed by atoms with Crippen molar-refractivity contribution < 1.29 is 0 Å². The maximum atomic E-state index is 5.91. The Kier molecular flexibility index (Phi) is 5.35. The number of nitrogens with one attached hydrogen (secondary N) is 2. The van der Waals surface area contributed by atoms with Crippen LogP contribution in [0.25, 0.3) is 0 Å². The van der Waals surface area contributed by atoms with Crippen molar-refractivity contribution in [1.82, 2.24) is 5.43 Å². The Morgan fingerprint density at radius 3 is 2.50 bits per heavy atom. The molecule has 2 aromatic rings. The zero-order chi connectivity index (χ0) is 14.4. The Balaban J connectivity index is 1.89. The van der Waals surface area contributed by atoms with E-state index < -0.39 is 0 Å². The third-order valence-corrected chi connectivity index (χ3v) is 3.29. The first kappa shape index (κ1) is 14.8. The molecule has 0 amide bonds. The van der Waals surface area contributed by atoms with Gasteiger partial charge in [-0.3, -0.25) is 5.43 Å². The highest BCUT2D eigenvalue weighted by Crippen LogP contribution is 2.21. The Bertz CT molecular complexity index is 630. The molecule has 2 rings (SSSR count). The van der Waals surface area contributed by atoms with Crippen LogP contribution in [-0.2, 0) is 0 Å². The highest BCUT2D eigenvalue weighted by molar-refractivity contribution is 7.80. The summed E-state index contributed by atoms with van der Waals surface area (Å²) < 4.78 is 0. The van der Waals surface area contributed by atoms with Gasteiger partial charge in [-0.2, -0.15) is 5.10 Å². The molecular formula is C14H11Cl2N3S. The Morgan fingerprint density at radius 2 is 1.80 bits per heavy atom. The Labute approximate surface area is 132 Å².